The zero-order valence-corrected chi connectivity index (χ0v) is 34.4. The van der Waals surface area contributed by atoms with Crippen molar-refractivity contribution in [1.29, 1.82) is 0 Å². The second-order valence-electron chi connectivity index (χ2n) is 17.1. The lowest BCUT2D eigenvalue weighted by molar-refractivity contribution is -0.120. The van der Waals surface area contributed by atoms with E-state index in [4.69, 9.17) is 4.74 Å². The zero-order valence-electron chi connectivity index (χ0n) is 34.4. The molecule has 3 N–H and O–H groups in total. The lowest BCUT2D eigenvalue weighted by Crippen LogP contribution is -2.53. The molecule has 5 aromatic rings. The zero-order chi connectivity index (χ0) is 42.1. The fraction of sp³-hybridized carbons (Fsp3) is 0.435. The first kappa shape index (κ1) is 40.5. The van der Waals surface area contributed by atoms with Gasteiger partial charge in [-0.05, 0) is 105 Å². The summed E-state index contributed by atoms with van der Waals surface area (Å²) in [7, 11) is 1.87. The number of ether oxygens (including phenoxy) is 1. The third-order valence-electron chi connectivity index (χ3n) is 13.0. The minimum absolute atomic E-state index is 0.0714. The van der Waals surface area contributed by atoms with Crippen LogP contribution in [0.3, 0.4) is 0 Å². The quantitative estimate of drug-likeness (QED) is 0.144. The maximum atomic E-state index is 15.0. The number of hydrogen-bond acceptors (Lipinski definition) is 10. The molecule has 4 fully saturated rings. The number of urea groups is 1. The number of likely N-dealkylation sites (tertiary alicyclic amines) is 2. The summed E-state index contributed by atoms with van der Waals surface area (Å²) in [4.78, 5) is 51.8. The molecule has 14 nitrogen and oxygen atoms in total. The van der Waals surface area contributed by atoms with Gasteiger partial charge in [0.2, 0.25) is 11.9 Å². The molecule has 0 spiro atoms. The van der Waals surface area contributed by atoms with E-state index in [1.165, 1.54) is 16.7 Å². The molecule has 5 heterocycles. The van der Waals surface area contributed by atoms with Gasteiger partial charge >= 0.3 is 12.1 Å². The standard InChI is InChI=1S/C46H52FN9O5/c1-53-39-27-33(10-15-37(39)42(52-53)56-23-18-40(57)50-44(56)58)31-16-21-54(22-17-31)29-46(60)19-24-55(25-20-46)45(59)61-36-13-11-35(12-14-36)49-43-48-28-38(47)41(51-43)34-9-5-8-32(26-34)30-6-3-2-4-7-30/h2-10,15,26-28,31,35-36,60H,11-14,16-25,29H2,1H3,(H,48,49,51)(H,50,57,58). The first-order valence-corrected chi connectivity index (χ1v) is 21.5. The Balaban J connectivity index is 0.713. The molecule has 1 aliphatic carbocycles. The molecule has 15 heteroatoms. The number of halogens is 1. The Labute approximate surface area is 354 Å². The van der Waals surface area contributed by atoms with E-state index in [2.05, 4.69) is 42.7 Å². The third kappa shape index (κ3) is 8.94. The van der Waals surface area contributed by atoms with Crippen molar-refractivity contribution in [2.75, 3.05) is 49.5 Å². The van der Waals surface area contributed by atoms with Gasteiger partial charge in [-0.15, -0.1) is 0 Å². The van der Waals surface area contributed by atoms with Crippen LogP contribution in [-0.2, 0) is 16.6 Å². The largest absolute Gasteiger partial charge is 0.446 e. The summed E-state index contributed by atoms with van der Waals surface area (Å²) in [6, 6.07) is 23.6. The highest BCUT2D eigenvalue weighted by atomic mass is 19.1. The molecule has 1 saturated carbocycles. The van der Waals surface area contributed by atoms with E-state index >= 15 is 0 Å². The van der Waals surface area contributed by atoms with Crippen molar-refractivity contribution in [1.82, 2.24) is 34.9 Å². The highest BCUT2D eigenvalue weighted by Crippen LogP contribution is 2.35. The molecule has 9 rings (SSSR count). The van der Waals surface area contributed by atoms with E-state index in [1.807, 2.05) is 67.7 Å². The number of aliphatic hydroxyl groups is 1. The minimum Gasteiger partial charge on any atom is -0.446 e. The average Bonchev–Trinajstić information content (AvgIpc) is 3.60. The molecule has 2 aromatic heterocycles. The highest BCUT2D eigenvalue weighted by Gasteiger charge is 2.38. The Bertz CT molecular complexity index is 2400. The van der Waals surface area contributed by atoms with Crippen LogP contribution < -0.4 is 15.5 Å². The maximum Gasteiger partial charge on any atom is 0.410 e. The number of aryl methyl sites for hydroxylation is 1. The SMILES string of the molecule is Cn1nc(N2CCC(=O)NC2=O)c2ccc(C3CCN(CC4(O)CCN(C(=O)OC5CCC(Nc6ncc(F)c(-c7cccc(-c8ccccc8)c7)n6)CC5)CC4)CC3)cc21. The van der Waals surface area contributed by atoms with Crippen molar-refractivity contribution in [2.24, 2.45) is 7.05 Å². The number of nitrogens with zero attached hydrogens (tertiary/aromatic N) is 7. The van der Waals surface area contributed by atoms with Crippen molar-refractivity contribution >= 4 is 40.7 Å². The van der Waals surface area contributed by atoms with E-state index < -0.39 is 17.4 Å². The van der Waals surface area contributed by atoms with E-state index in [-0.39, 0.29) is 36.3 Å². The lowest BCUT2D eigenvalue weighted by atomic mass is 9.86. The third-order valence-corrected chi connectivity index (χ3v) is 13.0. The lowest BCUT2D eigenvalue weighted by Gasteiger charge is -2.42. The Hall–Kier alpha value is -5.93. The highest BCUT2D eigenvalue weighted by molar-refractivity contribution is 6.08. The smallest absolute Gasteiger partial charge is 0.410 e. The number of imide groups is 1. The van der Waals surface area contributed by atoms with Crippen LogP contribution in [0.15, 0.2) is 79.0 Å². The monoisotopic (exact) mass is 829 g/mol. The summed E-state index contributed by atoms with van der Waals surface area (Å²) in [5.41, 5.74) is 4.25. The fourth-order valence-corrected chi connectivity index (χ4v) is 9.42. The topological polar surface area (TPSA) is 158 Å². The van der Waals surface area contributed by atoms with Gasteiger partial charge in [-0.1, -0.05) is 54.6 Å². The molecule has 4 aliphatic rings. The fourth-order valence-electron chi connectivity index (χ4n) is 9.42. The number of amides is 4. The first-order chi connectivity index (χ1) is 29.6. The summed E-state index contributed by atoms with van der Waals surface area (Å²) in [6.45, 7) is 3.50. The Kier molecular flexibility index (Phi) is 11.4. The van der Waals surface area contributed by atoms with Crippen molar-refractivity contribution in [3.63, 3.8) is 0 Å². The van der Waals surface area contributed by atoms with Gasteiger partial charge in [-0.3, -0.25) is 19.7 Å². The van der Waals surface area contributed by atoms with E-state index in [0.717, 1.165) is 60.8 Å². The van der Waals surface area contributed by atoms with Crippen LogP contribution in [0.5, 0.6) is 0 Å². The number of piperidine rings is 2. The van der Waals surface area contributed by atoms with Crippen molar-refractivity contribution < 1.29 is 28.6 Å². The molecule has 61 heavy (non-hydrogen) atoms. The van der Waals surface area contributed by atoms with Crippen molar-refractivity contribution in [3.8, 4) is 22.4 Å². The number of carbonyl (C=O) groups excluding carboxylic acids is 3. The number of nitrogens with one attached hydrogen (secondary N) is 2. The second kappa shape index (κ2) is 17.2. The molecular formula is C46H52FN9O5. The van der Waals surface area contributed by atoms with Gasteiger partial charge in [-0.2, -0.15) is 5.10 Å². The van der Waals surface area contributed by atoms with Gasteiger partial charge in [0.1, 0.15) is 11.8 Å². The number of carbonyl (C=O) groups is 3. The van der Waals surface area contributed by atoms with Gasteiger partial charge < -0.3 is 25.0 Å². The normalized spacial score (nSPS) is 21.4. The van der Waals surface area contributed by atoms with E-state index in [1.54, 1.807) is 9.58 Å². The van der Waals surface area contributed by atoms with Gasteiger partial charge in [0, 0.05) is 56.6 Å². The number of hydrogen-bond donors (Lipinski definition) is 3. The van der Waals surface area contributed by atoms with Crippen molar-refractivity contribution in [3.05, 3.63) is 90.4 Å². The van der Waals surface area contributed by atoms with Crippen LogP contribution >= 0.6 is 0 Å². The van der Waals surface area contributed by atoms with Crippen LogP contribution in [0, 0.1) is 5.82 Å². The van der Waals surface area contributed by atoms with E-state index in [9.17, 15) is 23.9 Å². The number of β-amino-alcohol motifs (C(OH)–C–C–N with tert-alkyl or cyclic N) is 1. The second-order valence-corrected chi connectivity index (χ2v) is 17.1. The predicted octanol–water partition coefficient (Wildman–Crippen LogP) is 6.85. The molecule has 4 amide bonds. The van der Waals surface area contributed by atoms with Gasteiger partial charge in [-0.25, -0.2) is 23.9 Å². The Morgan fingerprint density at radius 2 is 1.64 bits per heavy atom. The van der Waals surface area contributed by atoms with Crippen LogP contribution in [0.25, 0.3) is 33.3 Å². The molecule has 3 aromatic carbocycles. The number of benzene rings is 3. The summed E-state index contributed by atoms with van der Waals surface area (Å²) in [5, 5.41) is 22.9. The molecule has 3 saturated heterocycles. The Morgan fingerprint density at radius 3 is 2.39 bits per heavy atom. The van der Waals surface area contributed by atoms with Gasteiger partial charge in [0.15, 0.2) is 11.6 Å². The molecule has 318 valence electrons. The minimum atomic E-state index is -0.865. The number of fused-ring (bicyclic) bond motifs is 1. The molecule has 0 bridgehead atoms. The molecule has 0 unspecified atom stereocenters. The summed E-state index contributed by atoms with van der Waals surface area (Å²) in [6.07, 6.45) is 6.77. The predicted molar refractivity (Wildman–Crippen MR) is 229 cm³/mol. The first-order valence-electron chi connectivity index (χ1n) is 21.5. The molecular weight excluding hydrogens is 778 g/mol. The summed E-state index contributed by atoms with van der Waals surface area (Å²) >= 11 is 0. The molecule has 0 radical (unpaired) electrons. The summed E-state index contributed by atoms with van der Waals surface area (Å²) in [5.74, 6) is 0.542. The number of aromatic nitrogens is 4. The van der Waals surface area contributed by atoms with Crippen molar-refractivity contribution in [2.45, 2.75) is 81.5 Å². The van der Waals surface area contributed by atoms with Gasteiger partial charge in [0.25, 0.3) is 0 Å². The molecule has 0 atom stereocenters. The average molecular weight is 830 g/mol. The summed E-state index contributed by atoms with van der Waals surface area (Å²) < 4.78 is 22.7. The van der Waals surface area contributed by atoms with Gasteiger partial charge in [0.05, 0.1) is 17.3 Å². The molecule has 3 aliphatic heterocycles. The van der Waals surface area contributed by atoms with Crippen LogP contribution in [0.2, 0.25) is 0 Å². The maximum absolute atomic E-state index is 15.0. The van der Waals surface area contributed by atoms with Crippen LogP contribution in [0.4, 0.5) is 25.7 Å². The Morgan fingerprint density at radius 1 is 0.902 bits per heavy atom. The number of anilines is 2. The van der Waals surface area contributed by atoms with Crippen LogP contribution in [0.1, 0.15) is 69.3 Å². The number of rotatable bonds is 9. The van der Waals surface area contributed by atoms with Crippen LogP contribution in [-0.4, -0.2) is 110 Å². The van der Waals surface area contributed by atoms with E-state index in [0.29, 0.717) is 75.1 Å².